The first kappa shape index (κ1) is 18.5. The summed E-state index contributed by atoms with van der Waals surface area (Å²) >= 11 is 4.87. The Morgan fingerprint density at radius 2 is 1.70 bits per heavy atom. The quantitative estimate of drug-likeness (QED) is 0.398. The van der Waals surface area contributed by atoms with Crippen molar-refractivity contribution >= 4 is 35.1 Å². The molecule has 0 saturated heterocycles. The summed E-state index contributed by atoms with van der Waals surface area (Å²) < 4.78 is 9.46. The minimum absolute atomic E-state index is 0.0723. The Bertz CT molecular complexity index is 589. The summed E-state index contributed by atoms with van der Waals surface area (Å²) in [4.78, 5) is 34.5. The number of esters is 1. The second-order valence-electron chi connectivity index (χ2n) is 4.16. The van der Waals surface area contributed by atoms with Gasteiger partial charge < -0.3 is 9.47 Å². The molecule has 0 radical (unpaired) electrons. The molecular weight excluding hydrogens is 322 g/mol. The molecule has 1 aromatic carbocycles. The second-order valence-corrected chi connectivity index (χ2v) is 4.57. The predicted octanol–water partition coefficient (Wildman–Crippen LogP) is 0.145. The monoisotopic (exact) mass is 339 g/mol. The van der Waals surface area contributed by atoms with Gasteiger partial charge in [-0.25, -0.2) is 4.79 Å². The number of carbonyl (C=O) groups is 3. The average Bonchev–Trinajstić information content (AvgIpc) is 2.57. The van der Waals surface area contributed by atoms with E-state index in [0.29, 0.717) is 17.7 Å². The molecule has 0 atom stereocenters. The van der Waals surface area contributed by atoms with Crippen molar-refractivity contribution in [3.8, 4) is 0 Å². The van der Waals surface area contributed by atoms with Crippen LogP contribution in [-0.2, 0) is 14.3 Å². The number of rotatable bonds is 5. The van der Waals surface area contributed by atoms with Gasteiger partial charge in [-0.05, 0) is 43.4 Å². The zero-order valence-electron chi connectivity index (χ0n) is 12.7. The highest BCUT2D eigenvalue weighted by Crippen LogP contribution is 2.05. The minimum atomic E-state index is -0.494. The lowest BCUT2D eigenvalue weighted by molar-refractivity contribution is -0.126. The van der Waals surface area contributed by atoms with Crippen molar-refractivity contribution < 1.29 is 23.9 Å². The maximum Gasteiger partial charge on any atom is 0.337 e. The smallest absolute Gasteiger partial charge is 0.337 e. The van der Waals surface area contributed by atoms with Crippen molar-refractivity contribution in [3.05, 3.63) is 35.4 Å². The van der Waals surface area contributed by atoms with Crippen LogP contribution in [0.3, 0.4) is 0 Å². The van der Waals surface area contributed by atoms with E-state index in [1.54, 1.807) is 6.92 Å². The van der Waals surface area contributed by atoms with Crippen LogP contribution in [0.5, 0.6) is 0 Å². The molecule has 1 aromatic rings. The number of methoxy groups -OCH3 is 1. The number of hydrogen-bond acceptors (Lipinski definition) is 6. The molecule has 0 aliphatic carbocycles. The number of ether oxygens (including phenoxy) is 2. The van der Waals surface area contributed by atoms with E-state index in [-0.39, 0.29) is 11.7 Å². The lowest BCUT2D eigenvalue weighted by Crippen LogP contribution is -2.49. The van der Waals surface area contributed by atoms with Crippen LogP contribution in [0.15, 0.2) is 24.3 Å². The van der Waals surface area contributed by atoms with Gasteiger partial charge in [-0.3, -0.25) is 25.8 Å². The molecule has 0 heterocycles. The number of hydrazine groups is 1. The lowest BCUT2D eigenvalue weighted by Gasteiger charge is -2.10. The second kappa shape index (κ2) is 9.49. The molecule has 0 aromatic heterocycles. The number of carbonyl (C=O) groups excluding carboxylic acids is 3. The Morgan fingerprint density at radius 1 is 1.09 bits per heavy atom. The highest BCUT2D eigenvalue weighted by molar-refractivity contribution is 7.80. The Kier molecular flexibility index (Phi) is 7.64. The van der Waals surface area contributed by atoms with E-state index in [0.717, 1.165) is 0 Å². The van der Waals surface area contributed by atoms with Crippen molar-refractivity contribution in [2.45, 2.75) is 6.92 Å². The number of amides is 2. The zero-order valence-corrected chi connectivity index (χ0v) is 13.5. The summed E-state index contributed by atoms with van der Waals surface area (Å²) in [6.45, 7) is 2.06. The molecule has 23 heavy (non-hydrogen) atoms. The Labute approximate surface area is 138 Å². The van der Waals surface area contributed by atoms with E-state index < -0.39 is 17.8 Å². The van der Waals surface area contributed by atoms with Crippen LogP contribution in [0.1, 0.15) is 27.6 Å². The van der Waals surface area contributed by atoms with Gasteiger partial charge >= 0.3 is 5.97 Å². The van der Waals surface area contributed by atoms with Gasteiger partial charge in [0.2, 0.25) is 0 Å². The van der Waals surface area contributed by atoms with Gasteiger partial charge in [-0.2, -0.15) is 0 Å². The third-order valence-electron chi connectivity index (χ3n) is 2.55. The standard InChI is InChI=1S/C14H17N3O5S/c1-3-22-8-11(18)16-17-14(23)15-12(19)9-4-6-10(7-5-9)13(20)21-2/h4-7H,3,8H2,1-2H3,(H,16,18)(H2,15,17,19,23). The highest BCUT2D eigenvalue weighted by atomic mass is 32.1. The molecule has 3 N–H and O–H groups in total. The van der Waals surface area contributed by atoms with Gasteiger partial charge in [-0.15, -0.1) is 0 Å². The van der Waals surface area contributed by atoms with Crippen molar-refractivity contribution in [1.82, 2.24) is 16.2 Å². The zero-order chi connectivity index (χ0) is 17.2. The van der Waals surface area contributed by atoms with Crippen LogP contribution < -0.4 is 16.2 Å². The molecule has 9 heteroatoms. The molecule has 8 nitrogen and oxygen atoms in total. The predicted molar refractivity (Wildman–Crippen MR) is 85.6 cm³/mol. The molecule has 0 unspecified atom stereocenters. The Balaban J connectivity index is 2.47. The number of nitrogens with one attached hydrogen (secondary N) is 3. The fraction of sp³-hybridized carbons (Fsp3) is 0.286. The molecule has 124 valence electrons. The van der Waals surface area contributed by atoms with Crippen LogP contribution in [0.25, 0.3) is 0 Å². The Hall–Kier alpha value is -2.52. The summed E-state index contributed by atoms with van der Waals surface area (Å²) in [6.07, 6.45) is 0. The van der Waals surface area contributed by atoms with E-state index in [9.17, 15) is 14.4 Å². The summed E-state index contributed by atoms with van der Waals surface area (Å²) in [5.74, 6) is -1.41. The molecule has 0 aliphatic rings. The van der Waals surface area contributed by atoms with Gasteiger partial charge in [0.05, 0.1) is 12.7 Å². The third kappa shape index (κ3) is 6.41. The fourth-order valence-electron chi connectivity index (χ4n) is 1.44. The van der Waals surface area contributed by atoms with Gasteiger partial charge in [0.1, 0.15) is 6.61 Å². The van der Waals surface area contributed by atoms with Crippen LogP contribution in [-0.4, -0.2) is 43.2 Å². The summed E-state index contributed by atoms with van der Waals surface area (Å²) in [5.41, 5.74) is 5.27. The largest absolute Gasteiger partial charge is 0.465 e. The first-order chi connectivity index (χ1) is 11.0. The first-order valence-corrected chi connectivity index (χ1v) is 7.05. The average molecular weight is 339 g/mol. The normalized spacial score (nSPS) is 9.65. The molecule has 0 saturated carbocycles. The number of benzene rings is 1. The summed E-state index contributed by atoms with van der Waals surface area (Å²) in [5, 5.41) is 2.31. The summed E-state index contributed by atoms with van der Waals surface area (Å²) in [7, 11) is 1.27. The van der Waals surface area contributed by atoms with Crippen molar-refractivity contribution in [2.75, 3.05) is 20.3 Å². The van der Waals surface area contributed by atoms with Gasteiger partial charge in [0.15, 0.2) is 5.11 Å². The molecule has 0 spiro atoms. The first-order valence-electron chi connectivity index (χ1n) is 6.64. The fourth-order valence-corrected chi connectivity index (χ4v) is 1.58. The van der Waals surface area contributed by atoms with Gasteiger partial charge in [0, 0.05) is 12.2 Å². The maximum absolute atomic E-state index is 11.9. The van der Waals surface area contributed by atoms with Crippen molar-refractivity contribution in [3.63, 3.8) is 0 Å². The van der Waals surface area contributed by atoms with E-state index in [1.165, 1.54) is 31.4 Å². The molecular formula is C14H17N3O5S. The SMILES string of the molecule is CCOCC(=O)NNC(=S)NC(=O)c1ccc(C(=O)OC)cc1. The maximum atomic E-state index is 11.9. The van der Waals surface area contributed by atoms with Gasteiger partial charge in [0.25, 0.3) is 11.8 Å². The summed E-state index contributed by atoms with van der Waals surface area (Å²) in [6, 6.07) is 5.83. The van der Waals surface area contributed by atoms with Crippen LogP contribution in [0, 0.1) is 0 Å². The van der Waals surface area contributed by atoms with E-state index >= 15 is 0 Å². The van der Waals surface area contributed by atoms with Crippen LogP contribution in [0.4, 0.5) is 0 Å². The molecule has 0 fully saturated rings. The highest BCUT2D eigenvalue weighted by Gasteiger charge is 2.10. The van der Waals surface area contributed by atoms with Gasteiger partial charge in [-0.1, -0.05) is 0 Å². The van der Waals surface area contributed by atoms with Crippen LogP contribution in [0.2, 0.25) is 0 Å². The van der Waals surface area contributed by atoms with E-state index in [4.69, 9.17) is 17.0 Å². The molecule has 1 rings (SSSR count). The Morgan fingerprint density at radius 3 is 2.26 bits per heavy atom. The number of thiocarbonyl (C=S) groups is 1. The van der Waals surface area contributed by atoms with E-state index in [1.807, 2.05) is 0 Å². The molecule has 2 amide bonds. The third-order valence-corrected chi connectivity index (χ3v) is 2.75. The van der Waals surface area contributed by atoms with Crippen molar-refractivity contribution in [2.24, 2.45) is 0 Å². The minimum Gasteiger partial charge on any atom is -0.465 e. The molecule has 0 aliphatic heterocycles. The van der Waals surface area contributed by atoms with E-state index in [2.05, 4.69) is 20.9 Å². The van der Waals surface area contributed by atoms with Crippen molar-refractivity contribution in [1.29, 1.82) is 0 Å². The topological polar surface area (TPSA) is 106 Å². The lowest BCUT2D eigenvalue weighted by atomic mass is 10.1. The molecule has 0 bridgehead atoms. The number of hydrogen-bond donors (Lipinski definition) is 3. The van der Waals surface area contributed by atoms with Crippen LogP contribution >= 0.6 is 12.2 Å².